The quantitative estimate of drug-likeness (QED) is 0.659. The number of pyridine rings is 1. The Hall–Kier alpha value is -2.12. The fourth-order valence-electron chi connectivity index (χ4n) is 5.95. The van der Waals surface area contributed by atoms with Gasteiger partial charge in [0.1, 0.15) is 11.4 Å². The second kappa shape index (κ2) is 11.1. The van der Waals surface area contributed by atoms with Gasteiger partial charge in [0.05, 0.1) is 11.6 Å². The van der Waals surface area contributed by atoms with Crippen LogP contribution in [0.3, 0.4) is 0 Å². The molecule has 3 aliphatic rings. The minimum Gasteiger partial charge on any atom is -0.464 e. The van der Waals surface area contributed by atoms with E-state index in [9.17, 15) is 4.79 Å². The Kier molecular flexibility index (Phi) is 7.70. The highest BCUT2D eigenvalue weighted by Crippen LogP contribution is 2.29. The number of amides is 1. The lowest BCUT2D eigenvalue weighted by Crippen LogP contribution is -2.47. The molecule has 1 amide bonds. The predicted molar refractivity (Wildman–Crippen MR) is 134 cm³/mol. The van der Waals surface area contributed by atoms with Gasteiger partial charge >= 0.3 is 0 Å². The monoisotopic (exact) mass is 468 g/mol. The van der Waals surface area contributed by atoms with Crippen LogP contribution in [0, 0.1) is 18.8 Å². The molecular weight excluding hydrogens is 428 g/mol. The van der Waals surface area contributed by atoms with Crippen LogP contribution in [0.2, 0.25) is 0 Å². The minimum atomic E-state index is 0.254. The Bertz CT molecular complexity index is 938. The standard InChI is InChI=1S/C27H40N4O3/c1-20-18-25-24(9-17-34-25)27(28-20)31-13-11-30(12-14-31)10-6-21-2-4-23(5-3-21)29-26(32)19-22-7-15-33-16-8-22/h9,17-18,21-23H,2-8,10-16,19H2,1H3,(H,29,32). The van der Waals surface area contributed by atoms with Gasteiger partial charge in [0.2, 0.25) is 5.91 Å². The number of rotatable bonds is 7. The maximum absolute atomic E-state index is 12.4. The first kappa shape index (κ1) is 23.6. The molecule has 0 aromatic carbocycles. The third-order valence-electron chi connectivity index (χ3n) is 8.11. The van der Waals surface area contributed by atoms with E-state index in [1.54, 1.807) is 6.26 Å². The van der Waals surface area contributed by atoms with Crippen molar-refractivity contribution in [2.45, 2.75) is 64.3 Å². The van der Waals surface area contributed by atoms with E-state index in [4.69, 9.17) is 14.1 Å². The Labute approximate surface area is 203 Å². The summed E-state index contributed by atoms with van der Waals surface area (Å²) in [4.78, 5) is 22.3. The van der Waals surface area contributed by atoms with Crippen molar-refractivity contribution in [1.29, 1.82) is 0 Å². The van der Waals surface area contributed by atoms with E-state index >= 15 is 0 Å². The fraction of sp³-hybridized carbons (Fsp3) is 0.704. The van der Waals surface area contributed by atoms with Gasteiger partial charge in [0, 0.05) is 63.6 Å². The number of aryl methyl sites for hydroxylation is 1. The van der Waals surface area contributed by atoms with Crippen LogP contribution in [0.25, 0.3) is 11.0 Å². The van der Waals surface area contributed by atoms with Gasteiger partial charge < -0.3 is 19.4 Å². The van der Waals surface area contributed by atoms with Crippen LogP contribution in [-0.4, -0.2) is 67.8 Å². The van der Waals surface area contributed by atoms with Crippen LogP contribution in [0.15, 0.2) is 22.8 Å². The fourth-order valence-corrected chi connectivity index (χ4v) is 5.95. The summed E-state index contributed by atoms with van der Waals surface area (Å²) in [7, 11) is 0. The van der Waals surface area contributed by atoms with Crippen molar-refractivity contribution in [2.24, 2.45) is 11.8 Å². The van der Waals surface area contributed by atoms with Gasteiger partial charge in [-0.25, -0.2) is 4.98 Å². The van der Waals surface area contributed by atoms with Gasteiger partial charge in [-0.1, -0.05) is 0 Å². The van der Waals surface area contributed by atoms with Crippen molar-refractivity contribution >= 4 is 22.7 Å². The number of carbonyl (C=O) groups excluding carboxylic acids is 1. The molecule has 3 fully saturated rings. The normalized spacial score (nSPS) is 25.0. The number of fused-ring (bicyclic) bond motifs is 1. The highest BCUT2D eigenvalue weighted by Gasteiger charge is 2.26. The molecular formula is C27H40N4O3. The average Bonchev–Trinajstić information content (AvgIpc) is 3.32. The third kappa shape index (κ3) is 5.92. The first-order valence-corrected chi connectivity index (χ1v) is 13.3. The Morgan fingerprint density at radius 1 is 1.06 bits per heavy atom. The van der Waals surface area contributed by atoms with Crippen LogP contribution < -0.4 is 10.2 Å². The predicted octanol–water partition coefficient (Wildman–Crippen LogP) is 4.14. The summed E-state index contributed by atoms with van der Waals surface area (Å²) in [6.45, 7) is 9.06. The van der Waals surface area contributed by atoms with E-state index in [0.29, 0.717) is 18.4 Å². The number of nitrogens with zero attached hydrogens (tertiary/aromatic N) is 3. The summed E-state index contributed by atoms with van der Waals surface area (Å²) in [5, 5.41) is 4.44. The third-order valence-corrected chi connectivity index (χ3v) is 8.11. The van der Waals surface area contributed by atoms with Gasteiger partial charge in [0.15, 0.2) is 0 Å². The SMILES string of the molecule is Cc1cc2occc2c(N2CCN(CCC3CCC(NC(=O)CC4CCOCC4)CC3)CC2)n1. The second-order valence-corrected chi connectivity index (χ2v) is 10.6. The topological polar surface area (TPSA) is 70.8 Å². The highest BCUT2D eigenvalue weighted by molar-refractivity contribution is 5.89. The van der Waals surface area contributed by atoms with Crippen LogP contribution in [0.4, 0.5) is 5.82 Å². The summed E-state index contributed by atoms with van der Waals surface area (Å²) < 4.78 is 11.0. The number of hydrogen-bond donors (Lipinski definition) is 1. The molecule has 7 nitrogen and oxygen atoms in total. The molecule has 2 saturated heterocycles. The molecule has 0 spiro atoms. The van der Waals surface area contributed by atoms with E-state index < -0.39 is 0 Å². The molecule has 2 aliphatic heterocycles. The summed E-state index contributed by atoms with van der Waals surface area (Å²) in [6.07, 6.45) is 10.5. The molecule has 0 bridgehead atoms. The van der Waals surface area contributed by atoms with Gasteiger partial charge in [-0.3, -0.25) is 9.69 Å². The van der Waals surface area contributed by atoms with Crippen LogP contribution in [-0.2, 0) is 9.53 Å². The first-order valence-electron chi connectivity index (χ1n) is 13.3. The Balaban J connectivity index is 1.00. The van der Waals surface area contributed by atoms with E-state index in [0.717, 1.165) is 93.5 Å². The van der Waals surface area contributed by atoms with Gasteiger partial charge in [-0.2, -0.15) is 0 Å². The molecule has 0 unspecified atom stereocenters. The van der Waals surface area contributed by atoms with E-state index in [2.05, 4.69) is 15.1 Å². The van der Waals surface area contributed by atoms with Crippen molar-refractivity contribution in [3.05, 3.63) is 24.1 Å². The number of nitrogens with one attached hydrogen (secondary N) is 1. The molecule has 34 heavy (non-hydrogen) atoms. The minimum absolute atomic E-state index is 0.254. The molecule has 5 rings (SSSR count). The molecule has 1 saturated carbocycles. The number of anilines is 1. The van der Waals surface area contributed by atoms with Crippen molar-refractivity contribution in [1.82, 2.24) is 15.2 Å². The van der Waals surface area contributed by atoms with Crippen molar-refractivity contribution in [3.63, 3.8) is 0 Å². The molecule has 1 aliphatic carbocycles. The molecule has 186 valence electrons. The molecule has 0 radical (unpaired) electrons. The molecule has 4 heterocycles. The lowest BCUT2D eigenvalue weighted by molar-refractivity contribution is -0.123. The number of aromatic nitrogens is 1. The highest BCUT2D eigenvalue weighted by atomic mass is 16.5. The van der Waals surface area contributed by atoms with Crippen molar-refractivity contribution in [2.75, 3.05) is 50.8 Å². The zero-order chi connectivity index (χ0) is 23.3. The number of piperazine rings is 1. The van der Waals surface area contributed by atoms with Crippen LogP contribution >= 0.6 is 0 Å². The number of furan rings is 1. The van der Waals surface area contributed by atoms with E-state index in [-0.39, 0.29) is 5.91 Å². The number of ether oxygens (including phenoxy) is 1. The van der Waals surface area contributed by atoms with E-state index in [1.165, 1.54) is 25.8 Å². The second-order valence-electron chi connectivity index (χ2n) is 10.6. The Morgan fingerprint density at radius 3 is 2.59 bits per heavy atom. The van der Waals surface area contributed by atoms with Gasteiger partial charge in [-0.05, 0) is 76.3 Å². The largest absolute Gasteiger partial charge is 0.464 e. The molecule has 2 aromatic heterocycles. The maximum atomic E-state index is 12.4. The van der Waals surface area contributed by atoms with E-state index in [1.807, 2.05) is 19.1 Å². The van der Waals surface area contributed by atoms with Crippen molar-refractivity contribution in [3.8, 4) is 0 Å². The number of carbonyl (C=O) groups is 1. The van der Waals surface area contributed by atoms with Crippen LogP contribution in [0.5, 0.6) is 0 Å². The molecule has 2 aromatic rings. The Morgan fingerprint density at radius 2 is 1.82 bits per heavy atom. The molecule has 7 heteroatoms. The zero-order valence-corrected chi connectivity index (χ0v) is 20.6. The summed E-state index contributed by atoms with van der Waals surface area (Å²) in [5.74, 6) is 2.63. The van der Waals surface area contributed by atoms with Gasteiger partial charge in [-0.15, -0.1) is 0 Å². The molecule has 1 N–H and O–H groups in total. The average molecular weight is 469 g/mol. The zero-order valence-electron chi connectivity index (χ0n) is 20.6. The van der Waals surface area contributed by atoms with Gasteiger partial charge in [0.25, 0.3) is 0 Å². The first-order chi connectivity index (χ1) is 16.6. The lowest BCUT2D eigenvalue weighted by atomic mass is 9.83. The smallest absolute Gasteiger partial charge is 0.220 e. The summed E-state index contributed by atoms with van der Waals surface area (Å²) >= 11 is 0. The molecule has 0 atom stereocenters. The van der Waals surface area contributed by atoms with Crippen molar-refractivity contribution < 1.29 is 13.9 Å². The summed E-state index contributed by atoms with van der Waals surface area (Å²) in [6, 6.07) is 4.43. The summed E-state index contributed by atoms with van der Waals surface area (Å²) in [5.41, 5.74) is 1.94. The maximum Gasteiger partial charge on any atom is 0.220 e. The lowest BCUT2D eigenvalue weighted by Gasteiger charge is -2.37. The number of hydrogen-bond acceptors (Lipinski definition) is 6. The van der Waals surface area contributed by atoms with Crippen LogP contribution in [0.1, 0.15) is 57.1 Å².